The summed E-state index contributed by atoms with van der Waals surface area (Å²) in [6, 6.07) is 7.41. The van der Waals surface area contributed by atoms with Crippen molar-refractivity contribution in [3.63, 3.8) is 0 Å². The number of nitrogens with two attached hydrogens (primary N) is 1. The van der Waals surface area contributed by atoms with Gasteiger partial charge in [0, 0.05) is 25.5 Å². The monoisotopic (exact) mass is 230 g/mol. The molecule has 0 saturated carbocycles. The maximum atomic E-state index is 11.8. The van der Waals surface area contributed by atoms with E-state index in [0.717, 1.165) is 11.3 Å². The zero-order valence-corrected chi connectivity index (χ0v) is 9.55. The standard InChI is InChI=1S/C12H14N4O/c1-16-7-11(14-8-16)12(17)15-10-4-2-9(6-13)3-5-10/h2-5,7-8H,6,13H2,1H3,(H,15,17). The summed E-state index contributed by atoms with van der Waals surface area (Å²) in [7, 11) is 1.82. The van der Waals surface area contributed by atoms with Crippen LogP contribution in [-0.2, 0) is 13.6 Å². The fourth-order valence-corrected chi connectivity index (χ4v) is 1.45. The molecular formula is C12H14N4O. The summed E-state index contributed by atoms with van der Waals surface area (Å²) in [5.41, 5.74) is 7.66. The number of hydrogen-bond acceptors (Lipinski definition) is 3. The van der Waals surface area contributed by atoms with Crippen LogP contribution in [0.25, 0.3) is 0 Å². The number of carbonyl (C=O) groups excluding carboxylic acids is 1. The van der Waals surface area contributed by atoms with E-state index in [9.17, 15) is 4.79 Å². The van der Waals surface area contributed by atoms with Crippen LogP contribution in [0.1, 0.15) is 16.1 Å². The van der Waals surface area contributed by atoms with Crippen molar-refractivity contribution in [2.45, 2.75) is 6.54 Å². The predicted molar refractivity (Wildman–Crippen MR) is 65.5 cm³/mol. The molecular weight excluding hydrogens is 216 g/mol. The van der Waals surface area contributed by atoms with E-state index in [1.54, 1.807) is 17.1 Å². The number of rotatable bonds is 3. The van der Waals surface area contributed by atoms with E-state index in [4.69, 9.17) is 5.73 Å². The van der Waals surface area contributed by atoms with E-state index in [2.05, 4.69) is 10.3 Å². The number of anilines is 1. The molecule has 88 valence electrons. The molecule has 0 aliphatic heterocycles. The summed E-state index contributed by atoms with van der Waals surface area (Å²) in [4.78, 5) is 15.7. The first kappa shape index (κ1) is 11.3. The minimum atomic E-state index is -0.217. The molecule has 0 aliphatic carbocycles. The third-order valence-corrected chi connectivity index (χ3v) is 2.39. The van der Waals surface area contributed by atoms with Crippen LogP contribution in [0.4, 0.5) is 5.69 Å². The highest BCUT2D eigenvalue weighted by molar-refractivity contribution is 6.02. The summed E-state index contributed by atoms with van der Waals surface area (Å²) < 4.78 is 1.73. The molecule has 0 fully saturated rings. The third kappa shape index (κ3) is 2.70. The lowest BCUT2D eigenvalue weighted by Crippen LogP contribution is -2.12. The highest BCUT2D eigenvalue weighted by Crippen LogP contribution is 2.10. The Morgan fingerprint density at radius 2 is 2.12 bits per heavy atom. The molecule has 1 heterocycles. The summed E-state index contributed by atoms with van der Waals surface area (Å²) in [5.74, 6) is -0.217. The molecule has 5 nitrogen and oxygen atoms in total. The number of amides is 1. The van der Waals surface area contributed by atoms with E-state index < -0.39 is 0 Å². The second kappa shape index (κ2) is 4.80. The Balaban J connectivity index is 2.07. The number of hydrogen-bond donors (Lipinski definition) is 2. The van der Waals surface area contributed by atoms with Crippen LogP contribution in [-0.4, -0.2) is 15.5 Å². The molecule has 5 heteroatoms. The van der Waals surface area contributed by atoms with Gasteiger partial charge in [0.2, 0.25) is 0 Å². The smallest absolute Gasteiger partial charge is 0.275 e. The highest BCUT2D eigenvalue weighted by Gasteiger charge is 2.08. The van der Waals surface area contributed by atoms with Gasteiger partial charge in [0.25, 0.3) is 5.91 Å². The van der Waals surface area contributed by atoms with Crippen LogP contribution in [0, 0.1) is 0 Å². The molecule has 0 unspecified atom stereocenters. The average molecular weight is 230 g/mol. The first-order valence-corrected chi connectivity index (χ1v) is 5.27. The molecule has 0 spiro atoms. The average Bonchev–Trinajstić information content (AvgIpc) is 2.77. The Morgan fingerprint density at radius 1 is 1.41 bits per heavy atom. The summed E-state index contributed by atoms with van der Waals surface area (Å²) >= 11 is 0. The van der Waals surface area contributed by atoms with Crippen molar-refractivity contribution in [1.29, 1.82) is 0 Å². The Kier molecular flexibility index (Phi) is 3.20. The topological polar surface area (TPSA) is 72.9 Å². The van der Waals surface area contributed by atoms with Gasteiger partial charge in [-0.3, -0.25) is 4.79 Å². The minimum absolute atomic E-state index is 0.217. The number of benzene rings is 1. The molecule has 17 heavy (non-hydrogen) atoms. The first-order valence-electron chi connectivity index (χ1n) is 5.27. The van der Waals surface area contributed by atoms with Gasteiger partial charge in [-0.2, -0.15) is 0 Å². The van der Waals surface area contributed by atoms with Crippen LogP contribution in [0.3, 0.4) is 0 Å². The van der Waals surface area contributed by atoms with Crippen molar-refractivity contribution < 1.29 is 4.79 Å². The lowest BCUT2D eigenvalue weighted by Gasteiger charge is -2.03. The van der Waals surface area contributed by atoms with Gasteiger partial charge in [0.15, 0.2) is 0 Å². The molecule has 0 aliphatic rings. The normalized spacial score (nSPS) is 10.2. The number of nitrogens with one attached hydrogen (secondary N) is 1. The molecule has 0 saturated heterocycles. The van der Waals surface area contributed by atoms with Crippen molar-refractivity contribution in [2.24, 2.45) is 12.8 Å². The number of aromatic nitrogens is 2. The Morgan fingerprint density at radius 3 is 2.65 bits per heavy atom. The van der Waals surface area contributed by atoms with Gasteiger partial charge in [-0.25, -0.2) is 4.98 Å². The molecule has 2 rings (SSSR count). The van der Waals surface area contributed by atoms with Gasteiger partial charge in [-0.05, 0) is 17.7 Å². The maximum absolute atomic E-state index is 11.8. The summed E-state index contributed by atoms with van der Waals surface area (Å²) in [6.07, 6.45) is 3.26. The van der Waals surface area contributed by atoms with Gasteiger partial charge in [-0.1, -0.05) is 12.1 Å². The zero-order valence-electron chi connectivity index (χ0n) is 9.55. The lowest BCUT2D eigenvalue weighted by molar-refractivity contribution is 0.102. The maximum Gasteiger partial charge on any atom is 0.275 e. The van der Waals surface area contributed by atoms with Gasteiger partial charge < -0.3 is 15.6 Å². The van der Waals surface area contributed by atoms with Crippen LogP contribution in [0.15, 0.2) is 36.8 Å². The van der Waals surface area contributed by atoms with Crippen molar-refractivity contribution in [3.8, 4) is 0 Å². The van der Waals surface area contributed by atoms with Crippen LogP contribution < -0.4 is 11.1 Å². The van der Waals surface area contributed by atoms with E-state index >= 15 is 0 Å². The zero-order chi connectivity index (χ0) is 12.3. The fourth-order valence-electron chi connectivity index (χ4n) is 1.45. The molecule has 1 aromatic carbocycles. The second-order valence-corrected chi connectivity index (χ2v) is 3.78. The predicted octanol–water partition coefficient (Wildman–Crippen LogP) is 1.13. The quantitative estimate of drug-likeness (QED) is 0.830. The van der Waals surface area contributed by atoms with Crippen molar-refractivity contribution >= 4 is 11.6 Å². The fraction of sp³-hybridized carbons (Fsp3) is 0.167. The van der Waals surface area contributed by atoms with Crippen LogP contribution in [0.2, 0.25) is 0 Å². The number of nitrogens with zero attached hydrogens (tertiary/aromatic N) is 2. The van der Waals surface area contributed by atoms with Crippen LogP contribution >= 0.6 is 0 Å². The molecule has 0 atom stereocenters. The molecule has 1 amide bonds. The molecule has 0 bridgehead atoms. The van der Waals surface area contributed by atoms with E-state index in [0.29, 0.717) is 12.2 Å². The van der Waals surface area contributed by atoms with Crippen molar-refractivity contribution in [1.82, 2.24) is 9.55 Å². The van der Waals surface area contributed by atoms with Gasteiger partial charge in [0.05, 0.1) is 6.33 Å². The molecule has 3 N–H and O–H groups in total. The minimum Gasteiger partial charge on any atom is -0.340 e. The van der Waals surface area contributed by atoms with Crippen molar-refractivity contribution in [3.05, 3.63) is 48.0 Å². The molecule has 2 aromatic rings. The van der Waals surface area contributed by atoms with E-state index in [1.807, 2.05) is 31.3 Å². The van der Waals surface area contributed by atoms with Gasteiger partial charge >= 0.3 is 0 Å². The first-order chi connectivity index (χ1) is 8.19. The number of aryl methyl sites for hydroxylation is 1. The molecule has 0 radical (unpaired) electrons. The highest BCUT2D eigenvalue weighted by atomic mass is 16.1. The molecule has 1 aromatic heterocycles. The Bertz CT molecular complexity index is 516. The van der Waals surface area contributed by atoms with Gasteiger partial charge in [-0.15, -0.1) is 0 Å². The Hall–Kier alpha value is -2.14. The van der Waals surface area contributed by atoms with E-state index in [1.165, 1.54) is 0 Å². The summed E-state index contributed by atoms with van der Waals surface area (Å²) in [5, 5.41) is 2.77. The Labute approximate surface area is 99.3 Å². The van der Waals surface area contributed by atoms with Gasteiger partial charge in [0.1, 0.15) is 5.69 Å². The largest absolute Gasteiger partial charge is 0.340 e. The van der Waals surface area contributed by atoms with Crippen molar-refractivity contribution in [2.75, 3.05) is 5.32 Å². The summed E-state index contributed by atoms with van der Waals surface area (Å²) in [6.45, 7) is 0.495. The number of imidazole rings is 1. The number of carbonyl (C=O) groups is 1. The van der Waals surface area contributed by atoms with Crippen LogP contribution in [0.5, 0.6) is 0 Å². The third-order valence-electron chi connectivity index (χ3n) is 2.39. The van der Waals surface area contributed by atoms with E-state index in [-0.39, 0.29) is 5.91 Å². The second-order valence-electron chi connectivity index (χ2n) is 3.78. The SMILES string of the molecule is Cn1cnc(C(=O)Nc2ccc(CN)cc2)c1. The lowest BCUT2D eigenvalue weighted by atomic mass is 10.2.